The largest absolute Gasteiger partial charge is 0.399 e. The fraction of sp³-hybridized carbons (Fsp3) is 0.231. The smallest absolute Gasteiger partial charge is 0.186 e. The van der Waals surface area contributed by atoms with E-state index in [1.54, 1.807) is 11.3 Å². The summed E-state index contributed by atoms with van der Waals surface area (Å²) in [7, 11) is 3.96. The van der Waals surface area contributed by atoms with Crippen LogP contribution in [-0.2, 0) is 13.6 Å². The van der Waals surface area contributed by atoms with Gasteiger partial charge in [-0.25, -0.2) is 4.98 Å². The molecular formula is C13H15N5S. The lowest BCUT2D eigenvalue weighted by Crippen LogP contribution is -2.15. The first-order chi connectivity index (χ1) is 9.11. The van der Waals surface area contributed by atoms with E-state index in [9.17, 15) is 0 Å². The van der Waals surface area contributed by atoms with E-state index < -0.39 is 0 Å². The molecule has 0 aliphatic rings. The molecule has 3 aromatic rings. The standard InChI is InChI=1S/C13H15N5S/c1-17(7-9-6-15-18(2)8-9)13-16-11-4-3-10(14)5-12(11)19-13/h3-6,8H,7,14H2,1-2H3. The van der Waals surface area contributed by atoms with Crippen molar-refractivity contribution in [2.75, 3.05) is 17.7 Å². The zero-order valence-electron chi connectivity index (χ0n) is 10.9. The van der Waals surface area contributed by atoms with Gasteiger partial charge in [0.15, 0.2) is 5.13 Å². The summed E-state index contributed by atoms with van der Waals surface area (Å²) in [6.07, 6.45) is 3.89. The van der Waals surface area contributed by atoms with E-state index in [4.69, 9.17) is 5.73 Å². The van der Waals surface area contributed by atoms with Gasteiger partial charge in [-0.15, -0.1) is 0 Å². The van der Waals surface area contributed by atoms with E-state index in [1.165, 1.54) is 5.56 Å². The predicted molar refractivity (Wildman–Crippen MR) is 79.3 cm³/mol. The lowest BCUT2D eigenvalue weighted by molar-refractivity contribution is 0.766. The van der Waals surface area contributed by atoms with Crippen LogP contribution in [0.15, 0.2) is 30.6 Å². The van der Waals surface area contributed by atoms with E-state index in [0.29, 0.717) is 0 Å². The van der Waals surface area contributed by atoms with E-state index in [0.717, 1.165) is 27.6 Å². The molecule has 2 heterocycles. The molecule has 3 rings (SSSR count). The summed E-state index contributed by atoms with van der Waals surface area (Å²) in [4.78, 5) is 6.74. The van der Waals surface area contributed by atoms with Crippen LogP contribution in [-0.4, -0.2) is 21.8 Å². The zero-order chi connectivity index (χ0) is 13.4. The highest BCUT2D eigenvalue weighted by Crippen LogP contribution is 2.30. The quantitative estimate of drug-likeness (QED) is 0.744. The van der Waals surface area contributed by atoms with E-state index >= 15 is 0 Å². The third-order valence-corrected chi connectivity index (χ3v) is 4.04. The Hall–Kier alpha value is -2.08. The van der Waals surface area contributed by atoms with Crippen molar-refractivity contribution in [3.05, 3.63) is 36.2 Å². The van der Waals surface area contributed by atoms with Crippen LogP contribution >= 0.6 is 11.3 Å². The molecule has 0 atom stereocenters. The molecule has 0 unspecified atom stereocenters. The number of aromatic nitrogens is 3. The molecule has 0 aliphatic carbocycles. The number of hydrogen-bond donors (Lipinski definition) is 1. The summed E-state index contributed by atoms with van der Waals surface area (Å²) in [5.41, 5.74) is 8.73. The van der Waals surface area contributed by atoms with Crippen LogP contribution in [0.25, 0.3) is 10.2 Å². The van der Waals surface area contributed by atoms with Crippen LogP contribution in [0.3, 0.4) is 0 Å². The molecule has 0 saturated carbocycles. The van der Waals surface area contributed by atoms with Gasteiger partial charge in [0.2, 0.25) is 0 Å². The van der Waals surface area contributed by atoms with Crippen LogP contribution in [0.4, 0.5) is 10.8 Å². The predicted octanol–water partition coefficient (Wildman–Crippen LogP) is 2.25. The summed E-state index contributed by atoms with van der Waals surface area (Å²) < 4.78 is 2.93. The molecule has 0 aliphatic heterocycles. The second-order valence-electron chi connectivity index (χ2n) is 4.60. The minimum atomic E-state index is 0.776. The monoisotopic (exact) mass is 273 g/mol. The number of benzene rings is 1. The Morgan fingerprint density at radius 2 is 2.26 bits per heavy atom. The first-order valence-corrected chi connectivity index (χ1v) is 6.78. The molecular weight excluding hydrogens is 258 g/mol. The Morgan fingerprint density at radius 3 is 3.00 bits per heavy atom. The second-order valence-corrected chi connectivity index (χ2v) is 5.61. The van der Waals surface area contributed by atoms with Gasteiger partial charge in [-0.05, 0) is 18.2 Å². The topological polar surface area (TPSA) is 60.0 Å². The van der Waals surface area contributed by atoms with Crippen molar-refractivity contribution in [3.63, 3.8) is 0 Å². The Labute approximate surface area is 115 Å². The highest BCUT2D eigenvalue weighted by atomic mass is 32.1. The number of nitrogens with two attached hydrogens (primary N) is 1. The number of aryl methyl sites for hydroxylation is 1. The third-order valence-electron chi connectivity index (χ3n) is 2.91. The molecule has 0 bridgehead atoms. The van der Waals surface area contributed by atoms with Gasteiger partial charge in [0.25, 0.3) is 0 Å². The maximum atomic E-state index is 5.79. The first-order valence-electron chi connectivity index (χ1n) is 5.96. The molecule has 0 radical (unpaired) electrons. The van der Waals surface area contributed by atoms with E-state index in [2.05, 4.69) is 15.0 Å². The van der Waals surface area contributed by atoms with E-state index in [1.807, 2.05) is 49.4 Å². The van der Waals surface area contributed by atoms with Crippen LogP contribution in [0.1, 0.15) is 5.56 Å². The number of rotatable bonds is 3. The highest BCUT2D eigenvalue weighted by molar-refractivity contribution is 7.22. The normalized spacial score (nSPS) is 11.1. The van der Waals surface area contributed by atoms with Crippen molar-refractivity contribution in [1.29, 1.82) is 0 Å². The number of thiazole rings is 1. The van der Waals surface area contributed by atoms with Crippen LogP contribution in [0.5, 0.6) is 0 Å². The maximum absolute atomic E-state index is 5.79. The first kappa shape index (κ1) is 12.0. The van der Waals surface area contributed by atoms with Crippen molar-refractivity contribution in [1.82, 2.24) is 14.8 Å². The fourth-order valence-electron chi connectivity index (χ4n) is 1.99. The minimum Gasteiger partial charge on any atom is -0.399 e. The average Bonchev–Trinajstić information content (AvgIpc) is 2.95. The summed E-state index contributed by atoms with van der Waals surface area (Å²) in [5.74, 6) is 0. The Bertz CT molecular complexity index is 715. The molecule has 1 aromatic carbocycles. The molecule has 0 saturated heterocycles. The summed E-state index contributed by atoms with van der Waals surface area (Å²) in [6, 6.07) is 5.81. The lowest BCUT2D eigenvalue weighted by atomic mass is 10.3. The molecule has 5 nitrogen and oxygen atoms in total. The Balaban J connectivity index is 1.86. The zero-order valence-corrected chi connectivity index (χ0v) is 11.7. The van der Waals surface area contributed by atoms with Gasteiger partial charge >= 0.3 is 0 Å². The van der Waals surface area contributed by atoms with Crippen LogP contribution < -0.4 is 10.6 Å². The maximum Gasteiger partial charge on any atom is 0.186 e. The molecule has 2 N–H and O–H groups in total. The minimum absolute atomic E-state index is 0.776. The molecule has 98 valence electrons. The van der Waals surface area contributed by atoms with Crippen molar-refractivity contribution in [2.24, 2.45) is 7.05 Å². The fourth-order valence-corrected chi connectivity index (χ4v) is 2.96. The highest BCUT2D eigenvalue weighted by Gasteiger charge is 2.09. The van der Waals surface area contributed by atoms with Gasteiger partial charge < -0.3 is 10.6 Å². The average molecular weight is 273 g/mol. The van der Waals surface area contributed by atoms with Gasteiger partial charge in [-0.2, -0.15) is 5.10 Å². The lowest BCUT2D eigenvalue weighted by Gasteiger charge is -2.13. The van der Waals surface area contributed by atoms with Crippen LogP contribution in [0.2, 0.25) is 0 Å². The van der Waals surface area contributed by atoms with Crippen LogP contribution in [0, 0.1) is 0 Å². The molecule has 2 aromatic heterocycles. The number of anilines is 2. The molecule has 0 fully saturated rings. The number of fused-ring (bicyclic) bond motifs is 1. The summed E-state index contributed by atoms with van der Waals surface area (Å²) in [5, 5.41) is 5.16. The molecule has 19 heavy (non-hydrogen) atoms. The van der Waals surface area contributed by atoms with Gasteiger partial charge in [0.1, 0.15) is 0 Å². The SMILES string of the molecule is CN(Cc1cnn(C)c1)c1nc2ccc(N)cc2s1. The van der Waals surface area contributed by atoms with Gasteiger partial charge in [-0.3, -0.25) is 4.68 Å². The number of nitrogens with zero attached hydrogens (tertiary/aromatic N) is 4. The summed E-state index contributed by atoms with van der Waals surface area (Å²) >= 11 is 1.65. The molecule has 0 spiro atoms. The van der Waals surface area contributed by atoms with Crippen molar-refractivity contribution in [2.45, 2.75) is 6.54 Å². The van der Waals surface area contributed by atoms with Crippen molar-refractivity contribution >= 4 is 32.4 Å². The Morgan fingerprint density at radius 1 is 1.42 bits per heavy atom. The third kappa shape index (κ3) is 2.39. The van der Waals surface area contributed by atoms with Crippen molar-refractivity contribution in [3.8, 4) is 0 Å². The van der Waals surface area contributed by atoms with Gasteiger partial charge in [0.05, 0.1) is 16.4 Å². The second kappa shape index (κ2) is 4.55. The summed E-state index contributed by atoms with van der Waals surface area (Å²) in [6.45, 7) is 0.795. The number of hydrogen-bond acceptors (Lipinski definition) is 5. The van der Waals surface area contributed by atoms with Crippen molar-refractivity contribution < 1.29 is 0 Å². The Kier molecular flexibility index (Phi) is 2.87. The van der Waals surface area contributed by atoms with Gasteiger partial charge in [-0.1, -0.05) is 11.3 Å². The van der Waals surface area contributed by atoms with E-state index in [-0.39, 0.29) is 0 Å². The molecule has 0 amide bonds. The number of nitrogen functional groups attached to an aromatic ring is 1. The molecule has 6 heteroatoms. The van der Waals surface area contributed by atoms with Gasteiger partial charge in [0, 0.05) is 38.1 Å².